The number of nitrogens with zero attached hydrogens (tertiary/aromatic N) is 4. The van der Waals surface area contributed by atoms with E-state index in [-0.39, 0.29) is 0 Å². The maximum Gasteiger partial charge on any atom is 0.168 e. The van der Waals surface area contributed by atoms with Gasteiger partial charge in [-0.3, -0.25) is 0 Å². The van der Waals surface area contributed by atoms with Crippen LogP contribution >= 0.6 is 0 Å². The number of benzene rings is 9. The van der Waals surface area contributed by atoms with Crippen LogP contribution in [0, 0.1) is 0 Å². The molecule has 0 saturated heterocycles. The summed E-state index contributed by atoms with van der Waals surface area (Å²) in [6.07, 6.45) is 0. The molecule has 1 unspecified atom stereocenters. The molecule has 0 saturated carbocycles. The van der Waals surface area contributed by atoms with Gasteiger partial charge in [0.1, 0.15) is 11.2 Å². The van der Waals surface area contributed by atoms with E-state index >= 15 is 0 Å². The molecule has 264 valence electrons. The van der Waals surface area contributed by atoms with Crippen LogP contribution in [0.1, 0.15) is 17.0 Å². The van der Waals surface area contributed by atoms with Crippen molar-refractivity contribution in [3.05, 3.63) is 199 Å². The summed E-state index contributed by atoms with van der Waals surface area (Å²) in [5.74, 6) is 1.88. The molecule has 57 heavy (non-hydrogen) atoms. The Morgan fingerprint density at radius 2 is 1.02 bits per heavy atom. The Labute approximate surface area is 326 Å². The van der Waals surface area contributed by atoms with Crippen molar-refractivity contribution in [3.63, 3.8) is 0 Å². The van der Waals surface area contributed by atoms with Gasteiger partial charge in [-0.05, 0) is 62.1 Å². The minimum atomic E-state index is -1.10. The molecule has 1 atom stereocenters. The molecule has 13 rings (SSSR count). The fourth-order valence-corrected chi connectivity index (χ4v) is 9.89. The average molecular weight is 727 g/mol. The molecule has 5 nitrogen and oxygen atoms in total. The normalized spacial score (nSPS) is 15.1. The Hall–Kier alpha value is -7.63. The first-order chi connectivity index (χ1) is 28.3. The van der Waals surface area contributed by atoms with Gasteiger partial charge in [0.2, 0.25) is 0 Å². The molecule has 1 aliphatic rings. The summed E-state index contributed by atoms with van der Waals surface area (Å²) >= 11 is 0. The lowest BCUT2D eigenvalue weighted by atomic mass is 9.77. The lowest BCUT2D eigenvalue weighted by Crippen LogP contribution is -2.40. The standard InChI is InChI=1S/C52H30N4O/c1-3-16-33(17-4-1)49-53-50-46-38-23-12-9-18-34(38)30-43-48(46)47-39(24-13-25-42(47)57-43)52(51(54-49)55-50,35-19-5-2-6-20-35)56-40-28-26-31-14-7-10-21-36(31)44(40)45-37-22-11-8-15-32(37)27-29-41(45)56/h1-30H. The molecule has 0 amide bonds. The first-order valence-electron chi connectivity index (χ1n) is 19.4. The molecule has 2 bridgehead atoms. The summed E-state index contributed by atoms with van der Waals surface area (Å²) in [5, 5.41) is 11.4. The fraction of sp³-hybridized carbons (Fsp3) is 0.0192. The topological polar surface area (TPSA) is 56.7 Å². The largest absolute Gasteiger partial charge is 0.456 e. The fourth-order valence-electron chi connectivity index (χ4n) is 9.89. The van der Waals surface area contributed by atoms with Gasteiger partial charge < -0.3 is 8.98 Å². The van der Waals surface area contributed by atoms with Crippen molar-refractivity contribution in [2.45, 2.75) is 5.54 Å². The van der Waals surface area contributed by atoms with Crippen LogP contribution in [0.25, 0.3) is 98.8 Å². The van der Waals surface area contributed by atoms with E-state index in [1.165, 1.54) is 32.3 Å². The van der Waals surface area contributed by atoms with Crippen molar-refractivity contribution in [2.75, 3.05) is 0 Å². The molecule has 1 aliphatic heterocycles. The van der Waals surface area contributed by atoms with Crippen LogP contribution in [-0.4, -0.2) is 19.5 Å². The highest BCUT2D eigenvalue weighted by Gasteiger charge is 2.47. The van der Waals surface area contributed by atoms with Crippen LogP contribution in [0.3, 0.4) is 0 Å². The Morgan fingerprint density at radius 1 is 0.421 bits per heavy atom. The molecule has 5 heteroatoms. The molecule has 3 aromatic heterocycles. The van der Waals surface area contributed by atoms with Crippen LogP contribution in [0.4, 0.5) is 0 Å². The number of hydrogen-bond acceptors (Lipinski definition) is 4. The quantitative estimate of drug-likeness (QED) is 0.182. The third kappa shape index (κ3) is 3.99. The predicted molar refractivity (Wildman–Crippen MR) is 232 cm³/mol. The van der Waals surface area contributed by atoms with Gasteiger partial charge in [-0.15, -0.1) is 0 Å². The Kier molecular flexibility index (Phi) is 6.04. The predicted octanol–water partition coefficient (Wildman–Crippen LogP) is 12.8. The second-order valence-corrected chi connectivity index (χ2v) is 15.1. The minimum absolute atomic E-state index is 0.618. The van der Waals surface area contributed by atoms with Crippen LogP contribution in [-0.2, 0) is 5.54 Å². The summed E-state index contributed by atoms with van der Waals surface area (Å²) in [6, 6.07) is 64.8. The third-order valence-electron chi connectivity index (χ3n) is 12.2. The first kappa shape index (κ1) is 30.7. The Bertz CT molecular complexity index is 3550. The van der Waals surface area contributed by atoms with E-state index in [9.17, 15) is 0 Å². The number of furan rings is 1. The van der Waals surface area contributed by atoms with E-state index < -0.39 is 5.54 Å². The van der Waals surface area contributed by atoms with E-state index in [4.69, 9.17) is 19.4 Å². The lowest BCUT2D eigenvalue weighted by molar-refractivity contribution is 0.516. The van der Waals surface area contributed by atoms with E-state index in [0.29, 0.717) is 17.5 Å². The van der Waals surface area contributed by atoms with Gasteiger partial charge in [0, 0.05) is 38.2 Å². The third-order valence-corrected chi connectivity index (χ3v) is 12.2. The summed E-state index contributed by atoms with van der Waals surface area (Å²) in [4.78, 5) is 16.7. The van der Waals surface area contributed by atoms with Crippen molar-refractivity contribution >= 4 is 76.1 Å². The molecular weight excluding hydrogens is 697 g/mol. The summed E-state index contributed by atoms with van der Waals surface area (Å²) in [6.45, 7) is 0. The zero-order valence-corrected chi connectivity index (χ0v) is 30.5. The van der Waals surface area contributed by atoms with E-state index in [1.54, 1.807) is 0 Å². The van der Waals surface area contributed by atoms with E-state index in [2.05, 4.69) is 168 Å². The zero-order chi connectivity index (χ0) is 37.2. The molecule has 4 heterocycles. The van der Waals surface area contributed by atoms with Gasteiger partial charge >= 0.3 is 0 Å². The Balaban J connectivity index is 1.35. The van der Waals surface area contributed by atoms with Crippen molar-refractivity contribution in [1.82, 2.24) is 19.5 Å². The van der Waals surface area contributed by atoms with Gasteiger partial charge in [-0.1, -0.05) is 158 Å². The molecule has 0 N–H and O–H groups in total. The van der Waals surface area contributed by atoms with Gasteiger partial charge in [-0.25, -0.2) is 15.0 Å². The maximum absolute atomic E-state index is 6.92. The number of rotatable bonds is 3. The SMILES string of the molecule is c1ccc(-c2nc3nc(n2)C(c2ccccc2)(n2c4ccc5ccccc5c4c4c5ccccc5ccc42)c2cccc4oc5cc6ccccc6c-3c5c24)cc1. The molecular formula is C52H30N4O. The monoisotopic (exact) mass is 726 g/mol. The van der Waals surface area contributed by atoms with Gasteiger partial charge in [-0.2, -0.15) is 0 Å². The zero-order valence-electron chi connectivity index (χ0n) is 30.5. The highest BCUT2D eigenvalue weighted by molar-refractivity contribution is 6.28. The van der Waals surface area contributed by atoms with Crippen LogP contribution < -0.4 is 0 Å². The van der Waals surface area contributed by atoms with Crippen molar-refractivity contribution < 1.29 is 4.42 Å². The van der Waals surface area contributed by atoms with Gasteiger partial charge in [0.25, 0.3) is 0 Å². The highest BCUT2D eigenvalue weighted by atomic mass is 16.3. The summed E-state index contributed by atoms with van der Waals surface area (Å²) in [5.41, 5.74) is 6.63. The summed E-state index contributed by atoms with van der Waals surface area (Å²) < 4.78 is 9.44. The second kappa shape index (κ2) is 11.2. The first-order valence-corrected chi connectivity index (χ1v) is 19.4. The van der Waals surface area contributed by atoms with Crippen LogP contribution in [0.15, 0.2) is 186 Å². The van der Waals surface area contributed by atoms with Gasteiger partial charge in [0.15, 0.2) is 23.0 Å². The summed E-state index contributed by atoms with van der Waals surface area (Å²) in [7, 11) is 0. The Morgan fingerprint density at radius 3 is 1.72 bits per heavy atom. The molecule has 0 fully saturated rings. The number of fused-ring (bicyclic) bond motifs is 12. The molecule has 0 radical (unpaired) electrons. The van der Waals surface area contributed by atoms with Crippen molar-refractivity contribution in [2.24, 2.45) is 0 Å². The smallest absolute Gasteiger partial charge is 0.168 e. The van der Waals surface area contributed by atoms with Gasteiger partial charge in [0.05, 0.1) is 11.0 Å². The molecule has 12 aromatic rings. The number of aromatic nitrogens is 4. The highest BCUT2D eigenvalue weighted by Crippen LogP contribution is 2.53. The minimum Gasteiger partial charge on any atom is -0.456 e. The second-order valence-electron chi connectivity index (χ2n) is 15.1. The van der Waals surface area contributed by atoms with E-state index in [1.807, 2.05) is 18.2 Å². The van der Waals surface area contributed by atoms with Crippen LogP contribution in [0.2, 0.25) is 0 Å². The number of hydrogen-bond donors (Lipinski definition) is 0. The molecule has 9 aromatic carbocycles. The average Bonchev–Trinajstić information content (AvgIpc) is 3.83. The lowest BCUT2D eigenvalue weighted by Gasteiger charge is -2.38. The van der Waals surface area contributed by atoms with Crippen molar-refractivity contribution in [1.29, 1.82) is 0 Å². The van der Waals surface area contributed by atoms with Crippen LogP contribution in [0.5, 0.6) is 0 Å². The van der Waals surface area contributed by atoms with Crippen molar-refractivity contribution in [3.8, 4) is 22.8 Å². The van der Waals surface area contributed by atoms with E-state index in [0.717, 1.165) is 66.0 Å². The molecule has 0 aliphatic carbocycles. The molecule has 0 spiro atoms. The maximum atomic E-state index is 6.92.